The van der Waals surface area contributed by atoms with Crippen molar-refractivity contribution >= 4 is 5.91 Å². The zero-order chi connectivity index (χ0) is 15.9. The summed E-state index contributed by atoms with van der Waals surface area (Å²) in [5.41, 5.74) is 0.454. The molecule has 2 aliphatic rings. The van der Waals surface area contributed by atoms with E-state index in [1.54, 1.807) is 30.7 Å². The predicted molar refractivity (Wildman–Crippen MR) is 84.6 cm³/mol. The molecule has 2 fully saturated rings. The Kier molecular flexibility index (Phi) is 3.38. The molecule has 0 radical (unpaired) electrons. The smallest absolute Gasteiger partial charge is 0.254 e. The molecule has 4 rings (SSSR count). The van der Waals surface area contributed by atoms with Gasteiger partial charge in [-0.15, -0.1) is 0 Å². The van der Waals surface area contributed by atoms with Gasteiger partial charge in [-0.1, -0.05) is 6.07 Å². The third kappa shape index (κ3) is 2.41. The molecule has 0 saturated carbocycles. The highest BCUT2D eigenvalue weighted by molar-refractivity contribution is 5.94. The molecule has 5 heteroatoms. The van der Waals surface area contributed by atoms with E-state index in [9.17, 15) is 9.90 Å². The lowest BCUT2D eigenvalue weighted by Crippen LogP contribution is -2.52. The average molecular weight is 309 g/mol. The standard InChI is InChI=1S/C18H19N3O2/c22-17(13-6-9-19-10-7-13)21-14-4-5-15(21)12-18(23,11-14)16-3-1-2-8-20-16/h1-3,6-10,14-15,23H,4-5,11-12H2. The Balaban J connectivity index is 1.60. The average Bonchev–Trinajstić information content (AvgIpc) is 2.88. The summed E-state index contributed by atoms with van der Waals surface area (Å²) in [5.74, 6) is 0.0444. The lowest BCUT2D eigenvalue weighted by Gasteiger charge is -2.43. The van der Waals surface area contributed by atoms with Gasteiger partial charge in [-0.2, -0.15) is 0 Å². The molecular formula is C18H19N3O2. The Morgan fingerprint density at radius 1 is 1.09 bits per heavy atom. The fourth-order valence-electron chi connectivity index (χ4n) is 4.05. The highest BCUT2D eigenvalue weighted by Crippen LogP contribution is 2.45. The molecule has 2 saturated heterocycles. The van der Waals surface area contributed by atoms with Gasteiger partial charge in [0.25, 0.3) is 5.91 Å². The van der Waals surface area contributed by atoms with Crippen molar-refractivity contribution in [2.75, 3.05) is 0 Å². The van der Waals surface area contributed by atoms with E-state index in [4.69, 9.17) is 0 Å². The van der Waals surface area contributed by atoms with Crippen LogP contribution in [0.15, 0.2) is 48.9 Å². The summed E-state index contributed by atoms with van der Waals surface area (Å²) < 4.78 is 0. The number of aromatic nitrogens is 2. The summed E-state index contributed by atoms with van der Waals surface area (Å²) >= 11 is 0. The van der Waals surface area contributed by atoms with Gasteiger partial charge in [0.05, 0.1) is 5.69 Å². The van der Waals surface area contributed by atoms with E-state index in [1.807, 2.05) is 23.1 Å². The molecule has 4 heterocycles. The van der Waals surface area contributed by atoms with Gasteiger partial charge in [0.1, 0.15) is 5.60 Å². The van der Waals surface area contributed by atoms with Crippen LogP contribution in [0, 0.1) is 0 Å². The first-order valence-corrected chi connectivity index (χ1v) is 8.04. The fourth-order valence-corrected chi connectivity index (χ4v) is 4.05. The van der Waals surface area contributed by atoms with Crippen molar-refractivity contribution in [1.82, 2.24) is 14.9 Å². The summed E-state index contributed by atoms with van der Waals surface area (Å²) in [4.78, 5) is 23.1. The first-order chi connectivity index (χ1) is 11.2. The second kappa shape index (κ2) is 5.42. The van der Waals surface area contributed by atoms with Crippen molar-refractivity contribution in [2.24, 2.45) is 0 Å². The van der Waals surface area contributed by atoms with Crippen molar-refractivity contribution in [3.05, 3.63) is 60.2 Å². The number of piperidine rings is 1. The number of pyridine rings is 2. The van der Waals surface area contributed by atoms with Crippen LogP contribution < -0.4 is 0 Å². The van der Waals surface area contributed by atoms with E-state index in [-0.39, 0.29) is 18.0 Å². The van der Waals surface area contributed by atoms with Crippen LogP contribution in [-0.4, -0.2) is 38.0 Å². The van der Waals surface area contributed by atoms with Gasteiger partial charge in [0.2, 0.25) is 0 Å². The minimum atomic E-state index is -0.928. The zero-order valence-electron chi connectivity index (χ0n) is 12.8. The topological polar surface area (TPSA) is 66.3 Å². The van der Waals surface area contributed by atoms with Crippen molar-refractivity contribution < 1.29 is 9.90 Å². The highest BCUT2D eigenvalue weighted by atomic mass is 16.3. The number of nitrogens with zero attached hydrogens (tertiary/aromatic N) is 3. The Morgan fingerprint density at radius 2 is 1.78 bits per heavy atom. The van der Waals surface area contributed by atoms with Crippen LogP contribution >= 0.6 is 0 Å². The molecule has 5 nitrogen and oxygen atoms in total. The quantitative estimate of drug-likeness (QED) is 0.923. The van der Waals surface area contributed by atoms with Crippen molar-refractivity contribution in [3.8, 4) is 0 Å². The van der Waals surface area contributed by atoms with E-state index in [2.05, 4.69) is 9.97 Å². The molecular weight excluding hydrogens is 290 g/mol. The van der Waals surface area contributed by atoms with E-state index in [0.717, 1.165) is 12.8 Å². The van der Waals surface area contributed by atoms with Crippen LogP contribution in [0.1, 0.15) is 41.7 Å². The Bertz CT molecular complexity index is 691. The lowest BCUT2D eigenvalue weighted by molar-refractivity contribution is -0.0508. The third-order valence-electron chi connectivity index (χ3n) is 5.07. The van der Waals surface area contributed by atoms with Crippen molar-refractivity contribution in [3.63, 3.8) is 0 Å². The highest BCUT2D eigenvalue weighted by Gasteiger charge is 2.50. The number of fused-ring (bicyclic) bond motifs is 2. The van der Waals surface area contributed by atoms with Gasteiger partial charge in [0, 0.05) is 49.1 Å². The van der Waals surface area contributed by atoms with E-state index >= 15 is 0 Å². The maximum Gasteiger partial charge on any atom is 0.254 e. The Hall–Kier alpha value is -2.27. The first kappa shape index (κ1) is 14.3. The van der Waals surface area contributed by atoms with Gasteiger partial charge in [0.15, 0.2) is 0 Å². The molecule has 2 aromatic rings. The molecule has 0 spiro atoms. The lowest BCUT2D eigenvalue weighted by atomic mass is 9.83. The second-order valence-corrected chi connectivity index (χ2v) is 6.49. The summed E-state index contributed by atoms with van der Waals surface area (Å²) in [6, 6.07) is 9.27. The minimum Gasteiger partial charge on any atom is -0.383 e. The molecule has 23 heavy (non-hydrogen) atoms. The second-order valence-electron chi connectivity index (χ2n) is 6.49. The number of amides is 1. The molecule has 2 bridgehead atoms. The van der Waals surface area contributed by atoms with Gasteiger partial charge in [-0.25, -0.2) is 0 Å². The number of aliphatic hydroxyl groups is 1. The number of hydrogen-bond donors (Lipinski definition) is 1. The van der Waals surface area contributed by atoms with Gasteiger partial charge >= 0.3 is 0 Å². The van der Waals surface area contributed by atoms with E-state index in [1.165, 1.54) is 0 Å². The number of hydrogen-bond acceptors (Lipinski definition) is 4. The largest absolute Gasteiger partial charge is 0.383 e. The predicted octanol–water partition coefficient (Wildman–Crippen LogP) is 2.13. The maximum absolute atomic E-state index is 12.8. The molecule has 2 aromatic heterocycles. The van der Waals surface area contributed by atoms with Crippen LogP contribution in [0.3, 0.4) is 0 Å². The number of carbonyl (C=O) groups is 1. The van der Waals surface area contributed by atoms with Crippen molar-refractivity contribution in [1.29, 1.82) is 0 Å². The summed E-state index contributed by atoms with van der Waals surface area (Å²) in [6.45, 7) is 0. The van der Waals surface area contributed by atoms with Crippen molar-refractivity contribution in [2.45, 2.75) is 43.4 Å². The summed E-state index contributed by atoms with van der Waals surface area (Å²) in [6.07, 6.45) is 7.98. The van der Waals surface area contributed by atoms with Crippen LogP contribution in [0.25, 0.3) is 0 Å². The van der Waals surface area contributed by atoms with Crippen LogP contribution in [-0.2, 0) is 5.60 Å². The molecule has 0 aromatic carbocycles. The first-order valence-electron chi connectivity index (χ1n) is 8.04. The molecule has 0 aliphatic carbocycles. The van der Waals surface area contributed by atoms with Crippen LogP contribution in [0.2, 0.25) is 0 Å². The summed E-state index contributed by atoms with van der Waals surface area (Å²) in [7, 11) is 0. The van der Waals surface area contributed by atoms with Gasteiger partial charge in [-0.3, -0.25) is 14.8 Å². The SMILES string of the molecule is O=C(c1ccncc1)N1C2CCC1CC(O)(c1ccccn1)C2. The molecule has 1 N–H and O–H groups in total. The molecule has 2 aliphatic heterocycles. The third-order valence-corrected chi connectivity index (χ3v) is 5.07. The summed E-state index contributed by atoms with van der Waals surface area (Å²) in [5, 5.41) is 11.1. The fraction of sp³-hybridized carbons (Fsp3) is 0.389. The number of carbonyl (C=O) groups excluding carboxylic acids is 1. The van der Waals surface area contributed by atoms with E-state index in [0.29, 0.717) is 24.1 Å². The molecule has 2 atom stereocenters. The molecule has 2 unspecified atom stereocenters. The normalized spacial score (nSPS) is 29.5. The van der Waals surface area contributed by atoms with Crippen LogP contribution in [0.5, 0.6) is 0 Å². The van der Waals surface area contributed by atoms with Crippen LogP contribution in [0.4, 0.5) is 0 Å². The minimum absolute atomic E-state index is 0.0444. The van der Waals surface area contributed by atoms with E-state index < -0.39 is 5.60 Å². The van der Waals surface area contributed by atoms with Gasteiger partial charge < -0.3 is 10.0 Å². The molecule has 1 amide bonds. The maximum atomic E-state index is 12.8. The van der Waals surface area contributed by atoms with Gasteiger partial charge in [-0.05, 0) is 37.1 Å². The zero-order valence-corrected chi connectivity index (χ0v) is 12.8. The molecule has 118 valence electrons. The monoisotopic (exact) mass is 309 g/mol. The number of rotatable bonds is 2. The Morgan fingerprint density at radius 3 is 2.39 bits per heavy atom. The Labute approximate surface area is 135 Å².